The molecule has 1 fully saturated rings. The number of carboxylic acids is 1. The van der Waals surface area contributed by atoms with Gasteiger partial charge in [-0.1, -0.05) is 12.2 Å². The highest BCUT2D eigenvalue weighted by atomic mass is 16.5. The molecule has 0 aliphatic heterocycles. The molecule has 0 bridgehead atoms. The number of nitrogens with two attached hydrogens (primary N) is 1. The molecule has 0 amide bonds. The highest BCUT2D eigenvalue weighted by molar-refractivity contribution is 5.70. The summed E-state index contributed by atoms with van der Waals surface area (Å²) in [6, 6.07) is -0.266. The Kier molecular flexibility index (Phi) is 6.17. The van der Waals surface area contributed by atoms with Crippen molar-refractivity contribution in [2.75, 3.05) is 20.8 Å². The SMILES string of the molecule is C/C=C\[C@@H]1C[C@H](C(=O)O)C[C@H]1[C@@H](N)[C@](C)(COC)OC. The molecule has 0 unspecified atom stereocenters. The predicted octanol–water partition coefficient (Wildman–Crippen LogP) is 1.67. The fourth-order valence-corrected chi connectivity index (χ4v) is 3.22. The van der Waals surface area contributed by atoms with Gasteiger partial charge in [0.15, 0.2) is 0 Å². The molecule has 1 aliphatic rings. The Morgan fingerprint density at radius 2 is 2.15 bits per heavy atom. The number of ether oxygens (including phenoxy) is 2. The summed E-state index contributed by atoms with van der Waals surface area (Å²) in [4.78, 5) is 11.2. The van der Waals surface area contributed by atoms with Gasteiger partial charge in [-0.2, -0.15) is 0 Å². The summed E-state index contributed by atoms with van der Waals surface area (Å²) in [5.74, 6) is -0.786. The van der Waals surface area contributed by atoms with Crippen LogP contribution in [0.4, 0.5) is 0 Å². The van der Waals surface area contributed by atoms with E-state index < -0.39 is 11.6 Å². The number of carbonyl (C=O) groups is 1. The maximum atomic E-state index is 11.2. The topological polar surface area (TPSA) is 81.8 Å². The second kappa shape index (κ2) is 7.20. The number of rotatable bonds is 7. The molecule has 0 spiro atoms. The third-order valence-corrected chi connectivity index (χ3v) is 4.52. The van der Waals surface area contributed by atoms with Gasteiger partial charge in [-0.15, -0.1) is 0 Å². The Morgan fingerprint density at radius 1 is 1.50 bits per heavy atom. The molecule has 116 valence electrons. The van der Waals surface area contributed by atoms with E-state index in [1.807, 2.05) is 19.9 Å². The van der Waals surface area contributed by atoms with Gasteiger partial charge < -0.3 is 20.3 Å². The van der Waals surface area contributed by atoms with Crippen LogP contribution < -0.4 is 5.73 Å². The minimum atomic E-state index is -0.736. The van der Waals surface area contributed by atoms with E-state index >= 15 is 0 Å². The van der Waals surface area contributed by atoms with Crippen LogP contribution in [0, 0.1) is 17.8 Å². The van der Waals surface area contributed by atoms with Crippen molar-refractivity contribution < 1.29 is 19.4 Å². The normalized spacial score (nSPS) is 31.4. The molecule has 0 aromatic carbocycles. The maximum Gasteiger partial charge on any atom is 0.306 e. The largest absolute Gasteiger partial charge is 0.481 e. The zero-order chi connectivity index (χ0) is 15.3. The van der Waals surface area contributed by atoms with Crippen molar-refractivity contribution in [1.82, 2.24) is 0 Å². The van der Waals surface area contributed by atoms with Gasteiger partial charge in [-0.25, -0.2) is 0 Å². The van der Waals surface area contributed by atoms with Crippen LogP contribution in [0.15, 0.2) is 12.2 Å². The van der Waals surface area contributed by atoms with E-state index in [2.05, 4.69) is 6.08 Å². The van der Waals surface area contributed by atoms with Crippen LogP contribution in [0.1, 0.15) is 26.7 Å². The van der Waals surface area contributed by atoms with Gasteiger partial charge in [0.05, 0.1) is 12.5 Å². The highest BCUT2D eigenvalue weighted by Gasteiger charge is 2.46. The summed E-state index contributed by atoms with van der Waals surface area (Å²) in [6.45, 7) is 4.25. The lowest BCUT2D eigenvalue weighted by molar-refractivity contribution is -0.141. The van der Waals surface area contributed by atoms with Gasteiger partial charge in [-0.05, 0) is 38.5 Å². The van der Waals surface area contributed by atoms with Crippen LogP contribution in [0.5, 0.6) is 0 Å². The first-order chi connectivity index (χ1) is 9.39. The standard InChI is InChI=1S/C15H27NO4/c1-5-6-10-7-11(14(17)18)8-12(10)13(16)15(2,20-4)9-19-3/h5-6,10-13H,7-9,16H2,1-4H3,(H,17,18)/b6-5-/t10-,11+,12-,13-,15+/m1/s1. The maximum absolute atomic E-state index is 11.2. The van der Waals surface area contributed by atoms with Gasteiger partial charge in [0, 0.05) is 20.3 Å². The van der Waals surface area contributed by atoms with Gasteiger partial charge in [0.1, 0.15) is 5.60 Å². The van der Waals surface area contributed by atoms with Crippen LogP contribution in [0.2, 0.25) is 0 Å². The van der Waals surface area contributed by atoms with Crippen LogP contribution in [-0.2, 0) is 14.3 Å². The van der Waals surface area contributed by atoms with Crippen molar-refractivity contribution in [2.45, 2.75) is 38.3 Å². The minimum absolute atomic E-state index is 0.0902. The van der Waals surface area contributed by atoms with Gasteiger partial charge in [0.2, 0.25) is 0 Å². The van der Waals surface area contributed by atoms with E-state index in [0.717, 1.165) is 0 Å². The Balaban J connectivity index is 2.92. The molecule has 0 aromatic rings. The molecule has 20 heavy (non-hydrogen) atoms. The van der Waals surface area contributed by atoms with Crippen LogP contribution in [0.25, 0.3) is 0 Å². The van der Waals surface area contributed by atoms with Crippen LogP contribution in [0.3, 0.4) is 0 Å². The van der Waals surface area contributed by atoms with Crippen molar-refractivity contribution >= 4 is 5.97 Å². The van der Waals surface area contributed by atoms with E-state index in [9.17, 15) is 9.90 Å². The molecule has 0 heterocycles. The molecule has 5 nitrogen and oxygen atoms in total. The summed E-state index contributed by atoms with van der Waals surface area (Å²) in [6.07, 6.45) is 5.27. The van der Waals surface area contributed by atoms with Crippen molar-refractivity contribution in [3.63, 3.8) is 0 Å². The van der Waals surface area contributed by atoms with E-state index in [1.165, 1.54) is 0 Å². The Hall–Kier alpha value is -0.910. The second-order valence-electron chi connectivity index (χ2n) is 5.84. The monoisotopic (exact) mass is 285 g/mol. The molecular weight excluding hydrogens is 258 g/mol. The molecule has 0 radical (unpaired) electrons. The van der Waals surface area contributed by atoms with Crippen molar-refractivity contribution in [3.8, 4) is 0 Å². The zero-order valence-electron chi connectivity index (χ0n) is 12.8. The van der Waals surface area contributed by atoms with Crippen molar-refractivity contribution in [2.24, 2.45) is 23.5 Å². The molecule has 0 aromatic heterocycles. The fraction of sp³-hybridized carbons (Fsp3) is 0.800. The average molecular weight is 285 g/mol. The number of aliphatic carboxylic acids is 1. The Bertz CT molecular complexity index is 358. The Morgan fingerprint density at radius 3 is 2.60 bits per heavy atom. The summed E-state index contributed by atoms with van der Waals surface area (Å²) < 4.78 is 10.8. The first-order valence-corrected chi connectivity index (χ1v) is 7.04. The molecule has 3 N–H and O–H groups in total. The molecule has 1 aliphatic carbocycles. The van der Waals surface area contributed by atoms with Crippen LogP contribution in [-0.4, -0.2) is 43.5 Å². The van der Waals surface area contributed by atoms with E-state index in [4.69, 9.17) is 15.2 Å². The number of hydrogen-bond donors (Lipinski definition) is 2. The molecule has 5 atom stereocenters. The Labute approximate surface area is 121 Å². The second-order valence-corrected chi connectivity index (χ2v) is 5.84. The third-order valence-electron chi connectivity index (χ3n) is 4.52. The molecule has 0 saturated heterocycles. The molecule has 1 rings (SSSR count). The molecule has 1 saturated carbocycles. The van der Waals surface area contributed by atoms with E-state index in [-0.39, 0.29) is 23.8 Å². The van der Waals surface area contributed by atoms with Crippen LogP contribution >= 0.6 is 0 Å². The lowest BCUT2D eigenvalue weighted by Gasteiger charge is -2.38. The molecular formula is C15H27NO4. The van der Waals surface area contributed by atoms with E-state index in [0.29, 0.717) is 19.4 Å². The smallest absolute Gasteiger partial charge is 0.306 e. The third kappa shape index (κ3) is 3.59. The number of carboxylic acid groups (broad SMARTS) is 1. The highest BCUT2D eigenvalue weighted by Crippen LogP contribution is 2.41. The summed E-state index contributed by atoms with van der Waals surface area (Å²) in [5.41, 5.74) is 5.80. The quantitative estimate of drug-likeness (QED) is 0.695. The first-order valence-electron chi connectivity index (χ1n) is 7.04. The first kappa shape index (κ1) is 17.1. The predicted molar refractivity (Wildman–Crippen MR) is 77.4 cm³/mol. The van der Waals surface area contributed by atoms with Crippen molar-refractivity contribution in [3.05, 3.63) is 12.2 Å². The number of hydrogen-bond acceptors (Lipinski definition) is 4. The summed E-state index contributed by atoms with van der Waals surface area (Å²) in [5, 5.41) is 9.24. The zero-order valence-corrected chi connectivity index (χ0v) is 12.8. The number of methoxy groups -OCH3 is 2. The van der Waals surface area contributed by atoms with Gasteiger partial charge in [0.25, 0.3) is 0 Å². The number of allylic oxidation sites excluding steroid dienone is 2. The van der Waals surface area contributed by atoms with E-state index in [1.54, 1.807) is 14.2 Å². The lowest BCUT2D eigenvalue weighted by atomic mass is 9.80. The minimum Gasteiger partial charge on any atom is -0.481 e. The van der Waals surface area contributed by atoms with Gasteiger partial charge in [-0.3, -0.25) is 4.79 Å². The summed E-state index contributed by atoms with van der Waals surface area (Å²) >= 11 is 0. The molecule has 5 heteroatoms. The summed E-state index contributed by atoms with van der Waals surface area (Å²) in [7, 11) is 3.23. The lowest BCUT2D eigenvalue weighted by Crippen LogP contribution is -2.55. The fourth-order valence-electron chi connectivity index (χ4n) is 3.22. The van der Waals surface area contributed by atoms with Gasteiger partial charge >= 0.3 is 5.97 Å². The van der Waals surface area contributed by atoms with Crippen molar-refractivity contribution in [1.29, 1.82) is 0 Å². The average Bonchev–Trinajstić information content (AvgIpc) is 2.82.